The average Bonchev–Trinajstić information content (AvgIpc) is 3.51. The number of amides is 1. The van der Waals surface area contributed by atoms with E-state index in [0.29, 0.717) is 17.6 Å². The number of nitrogens with zero attached hydrogens (tertiary/aromatic N) is 2. The van der Waals surface area contributed by atoms with Crippen molar-refractivity contribution in [3.63, 3.8) is 0 Å². The van der Waals surface area contributed by atoms with Gasteiger partial charge in [0.05, 0.1) is 5.75 Å². The molecule has 2 bridgehead atoms. The van der Waals surface area contributed by atoms with Crippen LogP contribution in [0.3, 0.4) is 0 Å². The fraction of sp³-hybridized carbons (Fsp3) is 0.682. The molecule has 3 nitrogen and oxygen atoms in total. The molecule has 1 saturated carbocycles. The minimum atomic E-state index is 0.344. The number of fused-ring (bicyclic) bond motifs is 4. The van der Waals surface area contributed by atoms with Crippen molar-refractivity contribution in [2.75, 3.05) is 25.4 Å². The molecule has 0 radical (unpaired) electrons. The molecule has 3 aliphatic heterocycles. The van der Waals surface area contributed by atoms with Crippen molar-refractivity contribution in [2.24, 2.45) is 17.8 Å². The van der Waals surface area contributed by atoms with Crippen LogP contribution in [-0.2, 0) is 4.79 Å². The zero-order valence-corrected chi connectivity index (χ0v) is 16.4. The van der Waals surface area contributed by atoms with Gasteiger partial charge in [-0.05, 0) is 62.0 Å². The first kappa shape index (κ1) is 17.1. The van der Waals surface area contributed by atoms with Crippen molar-refractivity contribution in [1.29, 1.82) is 0 Å². The first-order valence-corrected chi connectivity index (χ1v) is 11.5. The molecule has 1 aromatic rings. The molecule has 3 heterocycles. The highest BCUT2D eigenvalue weighted by molar-refractivity contribution is 8.00. The molecule has 1 amide bonds. The van der Waals surface area contributed by atoms with Crippen LogP contribution < -0.4 is 0 Å². The molecule has 1 aromatic carbocycles. The van der Waals surface area contributed by atoms with Crippen LogP contribution in [-0.4, -0.2) is 53.2 Å². The molecule has 3 saturated heterocycles. The summed E-state index contributed by atoms with van der Waals surface area (Å²) in [5.74, 6) is 3.35. The van der Waals surface area contributed by atoms with Crippen LogP contribution in [0.1, 0.15) is 38.5 Å². The number of piperidine rings is 3. The summed E-state index contributed by atoms with van der Waals surface area (Å²) in [5, 5.41) is 0. The third-order valence-electron chi connectivity index (χ3n) is 7.06. The lowest BCUT2D eigenvalue weighted by Crippen LogP contribution is -2.62. The van der Waals surface area contributed by atoms with Gasteiger partial charge >= 0.3 is 0 Å². The van der Waals surface area contributed by atoms with E-state index in [9.17, 15) is 4.79 Å². The van der Waals surface area contributed by atoms with Gasteiger partial charge in [-0.3, -0.25) is 9.69 Å². The molecule has 0 aromatic heterocycles. The molecule has 140 valence electrons. The van der Waals surface area contributed by atoms with Gasteiger partial charge < -0.3 is 4.90 Å². The number of hydrogen-bond acceptors (Lipinski definition) is 3. The molecule has 4 aliphatic rings. The maximum Gasteiger partial charge on any atom is 0.232 e. The van der Waals surface area contributed by atoms with E-state index in [4.69, 9.17) is 0 Å². The van der Waals surface area contributed by atoms with Gasteiger partial charge in [0, 0.05) is 36.6 Å². The van der Waals surface area contributed by atoms with Crippen molar-refractivity contribution in [1.82, 2.24) is 9.80 Å². The van der Waals surface area contributed by atoms with Crippen LogP contribution >= 0.6 is 11.8 Å². The Kier molecular flexibility index (Phi) is 4.74. The molecule has 5 rings (SSSR count). The number of likely N-dealkylation sites (tertiary alicyclic amines) is 1. The average molecular weight is 371 g/mol. The van der Waals surface area contributed by atoms with Crippen LogP contribution in [0.2, 0.25) is 0 Å². The third kappa shape index (κ3) is 3.43. The van der Waals surface area contributed by atoms with Gasteiger partial charge in [0.1, 0.15) is 0 Å². The summed E-state index contributed by atoms with van der Waals surface area (Å²) in [7, 11) is 0. The van der Waals surface area contributed by atoms with Gasteiger partial charge in [0.25, 0.3) is 0 Å². The van der Waals surface area contributed by atoms with Gasteiger partial charge in [-0.15, -0.1) is 11.8 Å². The highest BCUT2D eigenvalue weighted by Gasteiger charge is 2.48. The highest BCUT2D eigenvalue weighted by Crippen LogP contribution is 2.46. The van der Waals surface area contributed by atoms with Crippen LogP contribution in [0.4, 0.5) is 0 Å². The molecule has 0 unspecified atom stereocenters. The van der Waals surface area contributed by atoms with Crippen molar-refractivity contribution in [3.05, 3.63) is 30.3 Å². The number of carbonyl (C=O) groups is 1. The molecule has 4 fully saturated rings. The van der Waals surface area contributed by atoms with E-state index in [1.54, 1.807) is 11.8 Å². The lowest BCUT2D eigenvalue weighted by Gasteiger charge is -2.55. The minimum Gasteiger partial charge on any atom is -0.341 e. The maximum atomic E-state index is 12.8. The molecular formula is C22H30N2OS. The smallest absolute Gasteiger partial charge is 0.232 e. The Morgan fingerprint density at radius 3 is 2.50 bits per heavy atom. The van der Waals surface area contributed by atoms with Gasteiger partial charge in [-0.25, -0.2) is 0 Å². The normalized spacial score (nSPS) is 34.4. The third-order valence-corrected chi connectivity index (χ3v) is 8.06. The first-order valence-electron chi connectivity index (χ1n) is 10.5. The summed E-state index contributed by atoms with van der Waals surface area (Å²) in [6.07, 6.45) is 8.48. The van der Waals surface area contributed by atoms with Crippen LogP contribution in [0.5, 0.6) is 0 Å². The zero-order valence-electron chi connectivity index (χ0n) is 15.6. The van der Waals surface area contributed by atoms with E-state index in [1.807, 2.05) is 18.2 Å². The molecule has 1 aliphatic carbocycles. The monoisotopic (exact) mass is 370 g/mol. The summed E-state index contributed by atoms with van der Waals surface area (Å²) < 4.78 is 0. The Balaban J connectivity index is 1.22. The topological polar surface area (TPSA) is 23.6 Å². The standard InChI is InChI=1S/C22H30N2OS/c25-22(15-26-19-5-2-1-3-6-19)23-12-16-11-18(14-23)21-8-4-7-20(17-9-10-17)24(21)13-16/h1-3,5-6,16-18,20-21H,4,7-15H2/t16-,18+,20+,21-/m0/s1. The van der Waals surface area contributed by atoms with Crippen LogP contribution in [0.25, 0.3) is 0 Å². The Morgan fingerprint density at radius 2 is 1.73 bits per heavy atom. The summed E-state index contributed by atoms with van der Waals surface area (Å²) >= 11 is 1.68. The van der Waals surface area contributed by atoms with Gasteiger partial charge in [0.15, 0.2) is 0 Å². The minimum absolute atomic E-state index is 0.344. The van der Waals surface area contributed by atoms with Crippen molar-refractivity contribution < 1.29 is 4.79 Å². The number of thioether (sulfide) groups is 1. The second kappa shape index (κ2) is 7.20. The van der Waals surface area contributed by atoms with Crippen molar-refractivity contribution in [3.8, 4) is 0 Å². The Morgan fingerprint density at radius 1 is 0.962 bits per heavy atom. The predicted molar refractivity (Wildman–Crippen MR) is 106 cm³/mol. The van der Waals surface area contributed by atoms with Crippen molar-refractivity contribution in [2.45, 2.75) is 55.5 Å². The second-order valence-corrected chi connectivity index (χ2v) is 9.91. The zero-order chi connectivity index (χ0) is 17.5. The van der Waals surface area contributed by atoms with Gasteiger partial charge in [-0.2, -0.15) is 0 Å². The summed E-state index contributed by atoms with van der Waals surface area (Å²) in [6.45, 7) is 3.24. The van der Waals surface area contributed by atoms with Gasteiger partial charge in [-0.1, -0.05) is 24.6 Å². The SMILES string of the molecule is O=C(CSc1ccccc1)N1C[C@@H]2C[C@H](C1)[C@@H]1CCC[C@H](C3CC3)N1C2. The lowest BCUT2D eigenvalue weighted by atomic mass is 9.74. The van der Waals surface area contributed by atoms with Gasteiger partial charge in [0.2, 0.25) is 5.91 Å². The summed E-state index contributed by atoms with van der Waals surface area (Å²) in [5.41, 5.74) is 0. The summed E-state index contributed by atoms with van der Waals surface area (Å²) in [6, 6.07) is 11.9. The molecular weight excluding hydrogens is 340 g/mol. The largest absolute Gasteiger partial charge is 0.341 e. The number of rotatable bonds is 4. The second-order valence-electron chi connectivity index (χ2n) is 8.86. The first-order chi connectivity index (χ1) is 12.8. The quantitative estimate of drug-likeness (QED) is 0.751. The van der Waals surface area contributed by atoms with E-state index < -0.39 is 0 Å². The Labute approximate surface area is 161 Å². The molecule has 26 heavy (non-hydrogen) atoms. The molecule has 4 heteroatoms. The fourth-order valence-corrected chi connectivity index (χ4v) is 6.61. The van der Waals surface area contributed by atoms with E-state index in [2.05, 4.69) is 21.9 Å². The fourth-order valence-electron chi connectivity index (χ4n) is 5.79. The highest BCUT2D eigenvalue weighted by atomic mass is 32.2. The Bertz CT molecular complexity index is 647. The number of carbonyl (C=O) groups excluding carboxylic acids is 1. The van der Waals surface area contributed by atoms with E-state index in [0.717, 1.165) is 37.0 Å². The van der Waals surface area contributed by atoms with Crippen molar-refractivity contribution >= 4 is 17.7 Å². The van der Waals surface area contributed by atoms with E-state index in [1.165, 1.54) is 50.0 Å². The molecule has 0 spiro atoms. The number of benzene rings is 1. The predicted octanol–water partition coefficient (Wildman–Crippen LogP) is 3.89. The van der Waals surface area contributed by atoms with E-state index in [-0.39, 0.29) is 0 Å². The summed E-state index contributed by atoms with van der Waals surface area (Å²) in [4.78, 5) is 19.1. The van der Waals surface area contributed by atoms with Crippen LogP contribution in [0, 0.1) is 17.8 Å². The molecule has 0 N–H and O–H groups in total. The van der Waals surface area contributed by atoms with Crippen LogP contribution in [0.15, 0.2) is 35.2 Å². The lowest BCUT2D eigenvalue weighted by molar-refractivity contribution is -0.136. The Hall–Kier alpha value is -1.00. The molecule has 4 atom stereocenters. The number of hydrogen-bond donors (Lipinski definition) is 0. The van der Waals surface area contributed by atoms with E-state index >= 15 is 0 Å². The maximum absolute atomic E-state index is 12.8.